The van der Waals surface area contributed by atoms with Crippen molar-refractivity contribution in [3.05, 3.63) is 70.5 Å². The molecule has 3 aromatic rings. The van der Waals surface area contributed by atoms with Crippen LogP contribution in [0.25, 0.3) is 10.9 Å². The largest absolute Gasteiger partial charge is 0.326 e. The fraction of sp³-hybridized carbons (Fsp3) is 0.318. The highest BCUT2D eigenvalue weighted by molar-refractivity contribution is 5.91. The average molecular weight is 376 g/mol. The molecule has 1 N–H and O–H groups in total. The maximum atomic E-state index is 12.6. The van der Waals surface area contributed by atoms with Gasteiger partial charge in [-0.25, -0.2) is 0 Å². The maximum Gasteiger partial charge on any atom is 0.226 e. The Hall–Kier alpha value is -2.99. The van der Waals surface area contributed by atoms with Crippen molar-refractivity contribution in [2.24, 2.45) is 0 Å². The number of aromatic nitrogens is 2. The number of hydrogen-bond donors (Lipinski definition) is 1. The monoisotopic (exact) mass is 376 g/mol. The molecule has 0 atom stereocenters. The fourth-order valence-corrected chi connectivity index (χ4v) is 3.72. The van der Waals surface area contributed by atoms with Crippen molar-refractivity contribution in [1.82, 2.24) is 14.7 Å². The van der Waals surface area contributed by atoms with Crippen molar-refractivity contribution in [3.8, 4) is 0 Å². The number of rotatable bonds is 6. The van der Waals surface area contributed by atoms with Crippen molar-refractivity contribution < 1.29 is 4.79 Å². The van der Waals surface area contributed by atoms with Gasteiger partial charge in [0.1, 0.15) is 0 Å². The summed E-state index contributed by atoms with van der Waals surface area (Å²) >= 11 is 0. The predicted octanol–water partition coefficient (Wildman–Crippen LogP) is 3.02. The number of nitrogens with zero attached hydrogens (tertiary/aromatic N) is 3. The van der Waals surface area contributed by atoms with Crippen LogP contribution in [0.4, 0.5) is 5.69 Å². The summed E-state index contributed by atoms with van der Waals surface area (Å²) in [6.07, 6.45) is 4.09. The highest BCUT2D eigenvalue weighted by Crippen LogP contribution is 2.20. The van der Waals surface area contributed by atoms with E-state index in [0.29, 0.717) is 11.9 Å². The van der Waals surface area contributed by atoms with Crippen molar-refractivity contribution in [1.29, 1.82) is 0 Å². The lowest BCUT2D eigenvalue weighted by atomic mass is 10.1. The van der Waals surface area contributed by atoms with E-state index in [9.17, 15) is 9.59 Å². The molecule has 6 nitrogen and oxygen atoms in total. The molecule has 6 heteroatoms. The Kier molecular flexibility index (Phi) is 5.48. The van der Waals surface area contributed by atoms with Crippen LogP contribution in [0.2, 0.25) is 0 Å². The Balaban J connectivity index is 1.43. The number of carbonyl (C=O) groups is 1. The summed E-state index contributed by atoms with van der Waals surface area (Å²) in [6, 6.07) is 15.3. The molecule has 0 unspecified atom stereocenters. The van der Waals surface area contributed by atoms with Crippen LogP contribution in [0, 0.1) is 0 Å². The second-order valence-corrected chi connectivity index (χ2v) is 7.19. The van der Waals surface area contributed by atoms with Gasteiger partial charge in [-0.05, 0) is 49.7 Å². The number of hydrogen-bond acceptors (Lipinski definition) is 4. The molecular formula is C22H24N4O2. The summed E-state index contributed by atoms with van der Waals surface area (Å²) in [4.78, 5) is 26.9. The zero-order valence-electron chi connectivity index (χ0n) is 15.8. The second kappa shape index (κ2) is 8.35. The van der Waals surface area contributed by atoms with Crippen LogP contribution in [-0.4, -0.2) is 33.7 Å². The minimum absolute atomic E-state index is 0.0570. The van der Waals surface area contributed by atoms with Crippen LogP contribution < -0.4 is 10.7 Å². The molecule has 4 rings (SSSR count). The molecule has 0 spiro atoms. The highest BCUT2D eigenvalue weighted by Gasteiger charge is 2.14. The predicted molar refractivity (Wildman–Crippen MR) is 110 cm³/mol. The first-order valence-electron chi connectivity index (χ1n) is 9.76. The van der Waals surface area contributed by atoms with Gasteiger partial charge < -0.3 is 5.32 Å². The van der Waals surface area contributed by atoms with E-state index in [1.807, 2.05) is 36.4 Å². The molecule has 0 bridgehead atoms. The van der Waals surface area contributed by atoms with Gasteiger partial charge in [0.2, 0.25) is 11.3 Å². The van der Waals surface area contributed by atoms with Gasteiger partial charge in [-0.3, -0.25) is 19.2 Å². The normalized spacial score (nSPS) is 14.4. The number of fused-ring (bicyclic) bond motifs is 1. The number of likely N-dealkylation sites (tertiary alicyclic amines) is 1. The number of anilines is 1. The molecule has 2 heterocycles. The number of aryl methyl sites for hydroxylation is 1. The highest BCUT2D eigenvalue weighted by atomic mass is 16.1. The Labute approximate surface area is 163 Å². The number of nitrogens with one attached hydrogen (secondary N) is 1. The van der Waals surface area contributed by atoms with Crippen LogP contribution in [-0.2, 0) is 17.9 Å². The standard InChI is InChI=1S/C22H24N4O2/c27-21-15-23-26(20-10-4-2-8-18(20)21)14-11-22(28)24-19-9-3-1-7-17(19)16-25-12-5-6-13-25/h1-4,7-10,15H,5-6,11-14,16H2,(H,24,28). The molecule has 1 saturated heterocycles. The van der Waals surface area contributed by atoms with Crippen molar-refractivity contribution in [3.63, 3.8) is 0 Å². The van der Waals surface area contributed by atoms with Crippen molar-refractivity contribution in [2.45, 2.75) is 32.4 Å². The molecule has 144 valence electrons. The molecule has 1 fully saturated rings. The smallest absolute Gasteiger partial charge is 0.226 e. The lowest BCUT2D eigenvalue weighted by molar-refractivity contribution is -0.116. The van der Waals surface area contributed by atoms with Crippen molar-refractivity contribution in [2.75, 3.05) is 18.4 Å². The molecule has 1 aromatic heterocycles. The molecule has 1 aliphatic rings. The average Bonchev–Trinajstić information content (AvgIpc) is 3.22. The summed E-state index contributed by atoms with van der Waals surface area (Å²) in [5.41, 5.74) is 2.66. The summed E-state index contributed by atoms with van der Waals surface area (Å²) in [5.74, 6) is -0.0570. The van der Waals surface area contributed by atoms with Gasteiger partial charge in [-0.15, -0.1) is 0 Å². The van der Waals surface area contributed by atoms with E-state index >= 15 is 0 Å². The topological polar surface area (TPSA) is 67.2 Å². The van der Waals surface area contributed by atoms with Crippen LogP contribution in [0.3, 0.4) is 0 Å². The van der Waals surface area contributed by atoms with E-state index in [2.05, 4.69) is 21.4 Å². The molecule has 0 aliphatic carbocycles. The third kappa shape index (κ3) is 4.12. The van der Waals surface area contributed by atoms with E-state index in [-0.39, 0.29) is 17.8 Å². The van der Waals surface area contributed by atoms with Crippen LogP contribution in [0.1, 0.15) is 24.8 Å². The lowest BCUT2D eigenvalue weighted by Crippen LogP contribution is -2.21. The Morgan fingerprint density at radius 2 is 1.79 bits per heavy atom. The van der Waals surface area contributed by atoms with E-state index in [1.165, 1.54) is 19.0 Å². The van der Waals surface area contributed by atoms with Gasteiger partial charge in [0, 0.05) is 24.0 Å². The second-order valence-electron chi connectivity index (χ2n) is 7.19. The molecular weight excluding hydrogens is 352 g/mol. The Morgan fingerprint density at radius 1 is 1.04 bits per heavy atom. The van der Waals surface area contributed by atoms with Gasteiger partial charge in [0.15, 0.2) is 0 Å². The van der Waals surface area contributed by atoms with Crippen LogP contribution >= 0.6 is 0 Å². The van der Waals surface area contributed by atoms with E-state index in [0.717, 1.165) is 36.4 Å². The quantitative estimate of drug-likeness (QED) is 0.718. The lowest BCUT2D eigenvalue weighted by Gasteiger charge is -2.18. The van der Waals surface area contributed by atoms with E-state index < -0.39 is 0 Å². The molecule has 28 heavy (non-hydrogen) atoms. The summed E-state index contributed by atoms with van der Waals surface area (Å²) in [7, 11) is 0. The van der Waals surface area contributed by atoms with Crippen LogP contribution in [0.15, 0.2) is 59.5 Å². The zero-order chi connectivity index (χ0) is 19.3. The van der Waals surface area contributed by atoms with Gasteiger partial charge in [-0.1, -0.05) is 30.3 Å². The Morgan fingerprint density at radius 3 is 2.64 bits per heavy atom. The minimum atomic E-state index is -0.104. The first-order chi connectivity index (χ1) is 13.7. The molecule has 0 radical (unpaired) electrons. The summed E-state index contributed by atoms with van der Waals surface area (Å²) < 4.78 is 1.71. The maximum absolute atomic E-state index is 12.6. The minimum Gasteiger partial charge on any atom is -0.326 e. The molecule has 1 amide bonds. The van der Waals surface area contributed by atoms with E-state index in [4.69, 9.17) is 0 Å². The molecule has 2 aromatic carbocycles. The first-order valence-corrected chi connectivity index (χ1v) is 9.76. The van der Waals surface area contributed by atoms with Crippen molar-refractivity contribution >= 4 is 22.5 Å². The third-order valence-corrected chi connectivity index (χ3v) is 5.20. The zero-order valence-corrected chi connectivity index (χ0v) is 15.8. The van der Waals surface area contributed by atoms with E-state index in [1.54, 1.807) is 10.7 Å². The first kappa shape index (κ1) is 18.4. The summed E-state index contributed by atoms with van der Waals surface area (Å²) in [6.45, 7) is 3.52. The molecule has 1 aliphatic heterocycles. The van der Waals surface area contributed by atoms with Gasteiger partial charge >= 0.3 is 0 Å². The fourth-order valence-electron chi connectivity index (χ4n) is 3.72. The number of para-hydroxylation sites is 2. The number of carbonyl (C=O) groups excluding carboxylic acids is 1. The Bertz CT molecular complexity index is 1040. The van der Waals surface area contributed by atoms with Crippen LogP contribution in [0.5, 0.6) is 0 Å². The summed E-state index contributed by atoms with van der Waals surface area (Å²) in [5, 5.41) is 7.85. The number of amides is 1. The third-order valence-electron chi connectivity index (χ3n) is 5.20. The molecule has 0 saturated carbocycles. The number of benzene rings is 2. The van der Waals surface area contributed by atoms with Gasteiger partial charge in [0.05, 0.1) is 18.3 Å². The SMILES string of the molecule is O=C(CCn1ncc(=O)c2ccccc21)Nc1ccccc1CN1CCCC1. The van der Waals surface area contributed by atoms with Gasteiger partial charge in [0.25, 0.3) is 0 Å². The van der Waals surface area contributed by atoms with Gasteiger partial charge in [-0.2, -0.15) is 5.10 Å².